The summed E-state index contributed by atoms with van der Waals surface area (Å²) in [5.41, 5.74) is 1.00. The van der Waals surface area contributed by atoms with Gasteiger partial charge in [-0.2, -0.15) is 0 Å². The molecule has 1 fully saturated rings. The van der Waals surface area contributed by atoms with Crippen molar-refractivity contribution in [1.29, 1.82) is 0 Å². The molecule has 0 aromatic heterocycles. The fraction of sp³-hybridized carbons (Fsp3) is 0. The van der Waals surface area contributed by atoms with Crippen LogP contribution in [0.15, 0.2) is 48.2 Å². The Kier molecular flexibility index (Phi) is 2.82. The number of carbonyl (C=O) groups is 2. The molecule has 0 unspecified atom stereocenters. The highest BCUT2D eigenvalue weighted by molar-refractivity contribution is 6.07. The molecule has 2 rings (SSSR count). The topological polar surface area (TPSA) is 55.4 Å². The number of imide groups is 1. The standard InChI is InChI=1S/C12H9NO3/c14-11-10(16-12(15)13-11)8-4-7-9-5-2-1-3-6-9/h1-8H,(H,13,14,15). The first-order chi connectivity index (χ1) is 7.75. The highest BCUT2D eigenvalue weighted by Gasteiger charge is 2.25. The van der Waals surface area contributed by atoms with Gasteiger partial charge in [-0.1, -0.05) is 42.5 Å². The summed E-state index contributed by atoms with van der Waals surface area (Å²) < 4.78 is 4.62. The first kappa shape index (κ1) is 10.2. The van der Waals surface area contributed by atoms with Gasteiger partial charge in [-0.05, 0) is 11.6 Å². The van der Waals surface area contributed by atoms with E-state index >= 15 is 0 Å². The van der Waals surface area contributed by atoms with Crippen molar-refractivity contribution < 1.29 is 14.3 Å². The van der Waals surface area contributed by atoms with E-state index in [4.69, 9.17) is 0 Å². The summed E-state index contributed by atoms with van der Waals surface area (Å²) >= 11 is 0. The van der Waals surface area contributed by atoms with Crippen LogP contribution in [-0.4, -0.2) is 12.0 Å². The average molecular weight is 215 g/mol. The predicted octanol–water partition coefficient (Wildman–Crippen LogP) is 1.85. The molecule has 1 aliphatic heterocycles. The van der Waals surface area contributed by atoms with Crippen LogP contribution in [0.2, 0.25) is 0 Å². The molecule has 0 bridgehead atoms. The van der Waals surface area contributed by atoms with E-state index in [0.29, 0.717) is 0 Å². The lowest BCUT2D eigenvalue weighted by atomic mass is 10.2. The Morgan fingerprint density at radius 1 is 1.12 bits per heavy atom. The van der Waals surface area contributed by atoms with Crippen LogP contribution in [0.25, 0.3) is 6.08 Å². The number of benzene rings is 1. The average Bonchev–Trinajstić information content (AvgIpc) is 2.59. The monoisotopic (exact) mass is 215 g/mol. The van der Waals surface area contributed by atoms with E-state index in [1.807, 2.05) is 41.7 Å². The van der Waals surface area contributed by atoms with Gasteiger partial charge in [0.1, 0.15) is 0 Å². The Morgan fingerprint density at radius 2 is 1.88 bits per heavy atom. The van der Waals surface area contributed by atoms with Gasteiger partial charge in [-0.15, -0.1) is 0 Å². The summed E-state index contributed by atoms with van der Waals surface area (Å²) in [5, 5.41) is 2.01. The number of hydrogen-bond donors (Lipinski definition) is 1. The number of cyclic esters (lactones) is 1. The van der Waals surface area contributed by atoms with Crippen molar-refractivity contribution >= 4 is 18.1 Å². The van der Waals surface area contributed by atoms with Crippen LogP contribution in [0, 0.1) is 0 Å². The van der Waals surface area contributed by atoms with Crippen molar-refractivity contribution in [2.45, 2.75) is 0 Å². The molecule has 0 aliphatic carbocycles. The molecular formula is C12H9NO3. The Bertz CT molecular complexity index is 474. The summed E-state index contributed by atoms with van der Waals surface area (Å²) in [5.74, 6) is -0.500. The fourth-order valence-corrected chi connectivity index (χ4v) is 1.25. The van der Waals surface area contributed by atoms with Crippen LogP contribution in [0.1, 0.15) is 5.56 Å². The van der Waals surface area contributed by atoms with Gasteiger partial charge in [0.15, 0.2) is 5.76 Å². The number of rotatable bonds is 2. The van der Waals surface area contributed by atoms with E-state index in [-0.39, 0.29) is 5.76 Å². The summed E-state index contributed by atoms with van der Waals surface area (Å²) in [6.07, 6.45) is 4.19. The van der Waals surface area contributed by atoms with Crippen molar-refractivity contribution in [2.75, 3.05) is 0 Å². The molecule has 0 saturated carbocycles. The Labute approximate surface area is 92.2 Å². The molecule has 0 radical (unpaired) electrons. The normalized spacial score (nSPS) is 17.9. The third-order valence-corrected chi connectivity index (χ3v) is 1.98. The molecule has 1 aliphatic rings. The van der Waals surface area contributed by atoms with E-state index in [1.165, 1.54) is 6.08 Å². The largest absolute Gasteiger partial charge is 0.419 e. The molecule has 4 nitrogen and oxygen atoms in total. The molecule has 1 heterocycles. The molecule has 1 saturated heterocycles. The van der Waals surface area contributed by atoms with Crippen molar-refractivity contribution in [3.05, 3.63) is 53.8 Å². The third kappa shape index (κ3) is 2.36. The summed E-state index contributed by atoms with van der Waals surface area (Å²) in [6.45, 7) is 0. The molecule has 0 spiro atoms. The van der Waals surface area contributed by atoms with Gasteiger partial charge in [0.25, 0.3) is 5.91 Å². The summed E-state index contributed by atoms with van der Waals surface area (Å²) in [7, 11) is 0. The molecule has 1 aromatic carbocycles. The summed E-state index contributed by atoms with van der Waals surface area (Å²) in [6, 6.07) is 9.59. The highest BCUT2D eigenvalue weighted by atomic mass is 16.6. The maximum absolute atomic E-state index is 11.1. The fourth-order valence-electron chi connectivity index (χ4n) is 1.25. The Morgan fingerprint density at radius 3 is 2.50 bits per heavy atom. The van der Waals surface area contributed by atoms with Gasteiger partial charge < -0.3 is 4.74 Å². The second kappa shape index (κ2) is 4.44. The molecule has 1 N–H and O–H groups in total. The van der Waals surface area contributed by atoms with Crippen molar-refractivity contribution in [1.82, 2.24) is 5.32 Å². The number of allylic oxidation sites excluding steroid dienone is 2. The minimum atomic E-state index is -0.732. The lowest BCUT2D eigenvalue weighted by molar-refractivity contribution is -0.116. The zero-order chi connectivity index (χ0) is 11.4. The van der Waals surface area contributed by atoms with E-state index in [0.717, 1.165) is 5.56 Å². The van der Waals surface area contributed by atoms with Crippen LogP contribution in [0.4, 0.5) is 4.79 Å². The van der Waals surface area contributed by atoms with Crippen LogP contribution in [0.3, 0.4) is 0 Å². The van der Waals surface area contributed by atoms with Crippen LogP contribution < -0.4 is 5.32 Å². The molecule has 80 valence electrons. The summed E-state index contributed by atoms with van der Waals surface area (Å²) in [4.78, 5) is 21.7. The Balaban J connectivity index is 2.07. The van der Waals surface area contributed by atoms with E-state index in [9.17, 15) is 9.59 Å². The van der Waals surface area contributed by atoms with E-state index in [2.05, 4.69) is 4.74 Å². The first-order valence-corrected chi connectivity index (χ1v) is 4.72. The van der Waals surface area contributed by atoms with Gasteiger partial charge in [0.05, 0.1) is 0 Å². The number of carbonyl (C=O) groups excluding carboxylic acids is 2. The van der Waals surface area contributed by atoms with Gasteiger partial charge in [-0.25, -0.2) is 4.79 Å². The molecule has 1 aromatic rings. The van der Waals surface area contributed by atoms with Gasteiger partial charge >= 0.3 is 6.09 Å². The van der Waals surface area contributed by atoms with E-state index < -0.39 is 12.0 Å². The molecule has 0 atom stereocenters. The predicted molar refractivity (Wildman–Crippen MR) is 58.2 cm³/mol. The Hall–Kier alpha value is -2.36. The number of nitrogens with one attached hydrogen (secondary N) is 1. The smallest absolute Gasteiger partial charge is 0.404 e. The van der Waals surface area contributed by atoms with Crippen LogP contribution in [0.5, 0.6) is 0 Å². The third-order valence-electron chi connectivity index (χ3n) is 1.98. The van der Waals surface area contributed by atoms with Crippen LogP contribution in [-0.2, 0) is 9.53 Å². The van der Waals surface area contributed by atoms with Crippen molar-refractivity contribution in [2.24, 2.45) is 0 Å². The highest BCUT2D eigenvalue weighted by Crippen LogP contribution is 2.07. The molecule has 4 heteroatoms. The van der Waals surface area contributed by atoms with E-state index in [1.54, 1.807) is 6.08 Å². The zero-order valence-corrected chi connectivity index (χ0v) is 8.34. The minimum Gasteiger partial charge on any atom is -0.404 e. The molecular weight excluding hydrogens is 206 g/mol. The second-order valence-corrected chi connectivity index (χ2v) is 3.14. The van der Waals surface area contributed by atoms with Crippen LogP contribution >= 0.6 is 0 Å². The number of ether oxygens (including phenoxy) is 1. The lowest BCUT2D eigenvalue weighted by Crippen LogP contribution is -2.18. The number of alkyl carbamates (subject to hydrolysis) is 1. The van der Waals surface area contributed by atoms with Crippen molar-refractivity contribution in [3.8, 4) is 0 Å². The zero-order valence-electron chi connectivity index (χ0n) is 8.34. The molecule has 2 amide bonds. The van der Waals surface area contributed by atoms with Gasteiger partial charge in [0, 0.05) is 0 Å². The quantitative estimate of drug-likeness (QED) is 0.766. The maximum Gasteiger partial charge on any atom is 0.419 e. The van der Waals surface area contributed by atoms with Crippen molar-refractivity contribution in [3.63, 3.8) is 0 Å². The SMILES string of the molecule is O=C1NC(=O)C(=CC=Cc2ccccc2)O1. The molecule has 16 heavy (non-hydrogen) atoms. The van der Waals surface area contributed by atoms with Gasteiger partial charge in [0.2, 0.25) is 0 Å². The maximum atomic E-state index is 11.1. The first-order valence-electron chi connectivity index (χ1n) is 4.72. The number of amides is 2. The lowest BCUT2D eigenvalue weighted by Gasteiger charge is -1.90. The number of hydrogen-bond acceptors (Lipinski definition) is 3. The minimum absolute atomic E-state index is 0.0113. The second-order valence-electron chi connectivity index (χ2n) is 3.14. The van der Waals surface area contributed by atoms with Gasteiger partial charge in [-0.3, -0.25) is 10.1 Å².